The number of amides is 1. The molecule has 68 valence electrons. The van der Waals surface area contributed by atoms with Crippen LogP contribution in [0.25, 0.3) is 0 Å². The van der Waals surface area contributed by atoms with Crippen LogP contribution in [0.1, 0.15) is 12.2 Å². The van der Waals surface area contributed by atoms with Crippen molar-refractivity contribution in [1.82, 2.24) is 5.01 Å². The van der Waals surface area contributed by atoms with E-state index in [9.17, 15) is 4.79 Å². The van der Waals surface area contributed by atoms with E-state index in [0.717, 1.165) is 0 Å². The maximum Gasteiger partial charge on any atom is 0.248 e. The fraction of sp³-hybridized carbons (Fsp3) is 0.250. The number of rotatable bonds is 1. The van der Waals surface area contributed by atoms with Gasteiger partial charge in [-0.1, -0.05) is 0 Å². The topological polar surface area (TPSA) is 45.8 Å². The second kappa shape index (κ2) is 2.99. The number of hydrogen-bond acceptors (Lipinski definition) is 3. The second-order valence-electron chi connectivity index (χ2n) is 2.74. The Morgan fingerprint density at radius 3 is 2.85 bits per heavy atom. The van der Waals surface area contributed by atoms with Gasteiger partial charge in [0.1, 0.15) is 5.71 Å². The number of nitrogens with zero attached hydrogens (tertiary/aromatic N) is 2. The Bertz CT molecular complexity index is 383. The monoisotopic (exact) mass is 242 g/mol. The Morgan fingerprint density at radius 1 is 1.62 bits per heavy atom. The van der Waals surface area contributed by atoms with E-state index in [1.165, 1.54) is 5.01 Å². The predicted octanol–water partition coefficient (Wildman–Crippen LogP) is 1.61. The first-order chi connectivity index (χ1) is 6.16. The van der Waals surface area contributed by atoms with Crippen LogP contribution >= 0.6 is 15.9 Å². The molecule has 2 rings (SSSR count). The average Bonchev–Trinajstić information content (AvgIpc) is 2.61. The Morgan fingerprint density at radius 2 is 2.38 bits per heavy atom. The number of carbonyl (C=O) groups is 1. The van der Waals surface area contributed by atoms with Crippen LogP contribution in [0.2, 0.25) is 0 Å². The van der Waals surface area contributed by atoms with Crippen LogP contribution in [-0.2, 0) is 4.79 Å². The Labute approximate surface area is 83.3 Å². The van der Waals surface area contributed by atoms with Crippen molar-refractivity contribution in [2.45, 2.75) is 6.42 Å². The molecule has 0 aromatic carbocycles. The maximum absolute atomic E-state index is 11.1. The van der Waals surface area contributed by atoms with Gasteiger partial charge >= 0.3 is 0 Å². The zero-order valence-corrected chi connectivity index (χ0v) is 8.54. The third kappa shape index (κ3) is 1.51. The highest BCUT2D eigenvalue weighted by molar-refractivity contribution is 9.10. The molecule has 0 saturated heterocycles. The van der Waals surface area contributed by atoms with Crippen LogP contribution in [0.5, 0.6) is 0 Å². The van der Waals surface area contributed by atoms with E-state index in [1.807, 2.05) is 0 Å². The summed E-state index contributed by atoms with van der Waals surface area (Å²) in [4.78, 5) is 11.1. The normalized spacial score (nSPS) is 16.6. The van der Waals surface area contributed by atoms with E-state index < -0.39 is 0 Å². The average molecular weight is 243 g/mol. The highest BCUT2D eigenvalue weighted by atomic mass is 79.9. The van der Waals surface area contributed by atoms with Crippen LogP contribution in [0.4, 0.5) is 0 Å². The maximum atomic E-state index is 11.1. The molecule has 4 nitrogen and oxygen atoms in total. The number of carbonyl (C=O) groups excluding carboxylic acids is 1. The molecule has 13 heavy (non-hydrogen) atoms. The Kier molecular flexibility index (Phi) is 1.95. The Hall–Kier alpha value is -1.10. The van der Waals surface area contributed by atoms with Crippen molar-refractivity contribution in [3.8, 4) is 0 Å². The molecule has 0 unspecified atom stereocenters. The highest BCUT2D eigenvalue weighted by Crippen LogP contribution is 2.19. The summed E-state index contributed by atoms with van der Waals surface area (Å²) in [5.41, 5.74) is 0.679. The van der Waals surface area contributed by atoms with E-state index in [1.54, 1.807) is 19.2 Å². The molecule has 1 aliphatic heterocycles. The van der Waals surface area contributed by atoms with Crippen LogP contribution in [0, 0.1) is 0 Å². The van der Waals surface area contributed by atoms with E-state index in [4.69, 9.17) is 4.42 Å². The van der Waals surface area contributed by atoms with Crippen molar-refractivity contribution in [3.63, 3.8) is 0 Å². The summed E-state index contributed by atoms with van der Waals surface area (Å²) in [7, 11) is 1.63. The molecular weight excluding hydrogens is 236 g/mol. The molecule has 0 fully saturated rings. The zero-order valence-electron chi connectivity index (χ0n) is 6.95. The molecule has 0 N–H and O–H groups in total. The van der Waals surface area contributed by atoms with E-state index >= 15 is 0 Å². The number of hydrazone groups is 1. The van der Waals surface area contributed by atoms with Gasteiger partial charge in [0, 0.05) is 7.05 Å². The molecule has 0 saturated carbocycles. The van der Waals surface area contributed by atoms with E-state index in [2.05, 4.69) is 21.0 Å². The Balaban J connectivity index is 2.29. The summed E-state index contributed by atoms with van der Waals surface area (Å²) in [6.07, 6.45) is 0.316. The van der Waals surface area contributed by atoms with Crippen molar-refractivity contribution in [1.29, 1.82) is 0 Å². The van der Waals surface area contributed by atoms with Crippen molar-refractivity contribution in [3.05, 3.63) is 22.6 Å². The molecule has 0 bridgehead atoms. The van der Waals surface area contributed by atoms with Crippen molar-refractivity contribution < 1.29 is 9.21 Å². The van der Waals surface area contributed by atoms with Gasteiger partial charge in [-0.3, -0.25) is 4.79 Å². The third-order valence-electron chi connectivity index (χ3n) is 1.81. The van der Waals surface area contributed by atoms with E-state index in [-0.39, 0.29) is 5.91 Å². The first kappa shape index (κ1) is 8.50. The van der Waals surface area contributed by atoms with Gasteiger partial charge in [0.15, 0.2) is 10.4 Å². The highest BCUT2D eigenvalue weighted by Gasteiger charge is 2.23. The summed E-state index contributed by atoms with van der Waals surface area (Å²) >= 11 is 3.19. The molecule has 2 heterocycles. The van der Waals surface area contributed by atoms with Gasteiger partial charge in [-0.2, -0.15) is 5.10 Å². The first-order valence-corrected chi connectivity index (χ1v) is 4.56. The standard InChI is InChI=1S/C8H7BrN2O2/c1-11-8(12)4-5(10-11)6-2-3-7(9)13-6/h2-3H,4H2,1H3. The first-order valence-electron chi connectivity index (χ1n) is 3.76. The summed E-state index contributed by atoms with van der Waals surface area (Å²) in [6, 6.07) is 3.57. The fourth-order valence-corrected chi connectivity index (χ4v) is 1.44. The lowest BCUT2D eigenvalue weighted by atomic mass is 10.2. The van der Waals surface area contributed by atoms with E-state index in [0.29, 0.717) is 22.6 Å². The smallest absolute Gasteiger partial charge is 0.248 e. The third-order valence-corrected chi connectivity index (χ3v) is 2.23. The number of furan rings is 1. The molecule has 1 amide bonds. The van der Waals surface area contributed by atoms with Gasteiger partial charge in [0.2, 0.25) is 5.91 Å². The van der Waals surface area contributed by atoms with Crippen LogP contribution in [-0.4, -0.2) is 23.7 Å². The minimum Gasteiger partial charge on any atom is -0.448 e. The molecule has 0 spiro atoms. The van der Waals surface area contributed by atoms with Crippen LogP contribution in [0.15, 0.2) is 26.3 Å². The van der Waals surface area contributed by atoms with Gasteiger partial charge < -0.3 is 4.42 Å². The lowest BCUT2D eigenvalue weighted by Gasteiger charge is -1.98. The molecule has 1 aromatic rings. The predicted molar refractivity (Wildman–Crippen MR) is 50.3 cm³/mol. The van der Waals surface area contributed by atoms with Crippen molar-refractivity contribution >= 4 is 27.5 Å². The van der Waals surface area contributed by atoms with Crippen molar-refractivity contribution in [2.24, 2.45) is 5.10 Å². The van der Waals surface area contributed by atoms with Gasteiger partial charge in [-0.25, -0.2) is 5.01 Å². The lowest BCUT2D eigenvalue weighted by Crippen LogP contribution is -2.14. The van der Waals surface area contributed by atoms with Gasteiger partial charge in [0.05, 0.1) is 6.42 Å². The SMILES string of the molecule is CN1N=C(c2ccc(Br)o2)CC1=O. The summed E-state index contributed by atoms with van der Waals surface area (Å²) in [6.45, 7) is 0. The fourth-order valence-electron chi connectivity index (χ4n) is 1.14. The van der Waals surface area contributed by atoms with Gasteiger partial charge in [0.25, 0.3) is 0 Å². The molecule has 0 aliphatic carbocycles. The van der Waals surface area contributed by atoms with Crippen LogP contribution < -0.4 is 0 Å². The molecule has 1 aromatic heterocycles. The summed E-state index contributed by atoms with van der Waals surface area (Å²) < 4.78 is 5.92. The number of hydrogen-bond donors (Lipinski definition) is 0. The van der Waals surface area contributed by atoms with Gasteiger partial charge in [-0.15, -0.1) is 0 Å². The van der Waals surface area contributed by atoms with Crippen LogP contribution in [0.3, 0.4) is 0 Å². The van der Waals surface area contributed by atoms with Crippen molar-refractivity contribution in [2.75, 3.05) is 7.05 Å². The minimum absolute atomic E-state index is 0.0116. The largest absolute Gasteiger partial charge is 0.448 e. The number of halogens is 1. The molecular formula is C8H7BrN2O2. The second-order valence-corrected chi connectivity index (χ2v) is 3.53. The quantitative estimate of drug-likeness (QED) is 0.752. The van der Waals surface area contributed by atoms with Gasteiger partial charge in [-0.05, 0) is 28.1 Å². The minimum atomic E-state index is -0.0116. The zero-order chi connectivity index (χ0) is 9.42. The molecule has 0 radical (unpaired) electrons. The molecule has 0 atom stereocenters. The summed E-state index contributed by atoms with van der Waals surface area (Å²) in [5, 5.41) is 5.36. The molecule has 1 aliphatic rings. The molecule has 5 heteroatoms. The summed E-state index contributed by atoms with van der Waals surface area (Å²) in [5.74, 6) is 0.632. The lowest BCUT2D eigenvalue weighted by molar-refractivity contribution is -0.127.